The first-order valence-corrected chi connectivity index (χ1v) is 7.62. The first-order valence-electron chi connectivity index (χ1n) is 6.84. The smallest absolute Gasteiger partial charge is 0.332 e. The Balaban J connectivity index is 2.21. The van der Waals surface area contributed by atoms with Gasteiger partial charge in [-0.25, -0.2) is 0 Å². The Bertz CT molecular complexity index is 717. The zero-order valence-electron chi connectivity index (χ0n) is 12.2. The maximum absolute atomic E-state index is 13.1. The molecule has 0 aliphatic rings. The van der Waals surface area contributed by atoms with Gasteiger partial charge in [0.15, 0.2) is 5.11 Å². The topological polar surface area (TPSA) is 24.1 Å². The fourth-order valence-electron chi connectivity index (χ4n) is 2.09. The van der Waals surface area contributed by atoms with Crippen molar-refractivity contribution in [1.82, 2.24) is 0 Å². The molecule has 0 saturated heterocycles. The minimum Gasteiger partial charge on any atom is -0.332 e. The van der Waals surface area contributed by atoms with Gasteiger partial charge in [0.05, 0.1) is 11.3 Å². The van der Waals surface area contributed by atoms with Crippen LogP contribution in [0.25, 0.3) is 0 Å². The third-order valence-electron chi connectivity index (χ3n) is 3.18. The molecule has 0 saturated carbocycles. The molecule has 0 heterocycles. The number of thiocarbonyl (C=S) groups is 1. The Morgan fingerprint density at radius 2 is 1.74 bits per heavy atom. The number of nitrogens with one attached hydrogen (secondary N) is 2. The van der Waals surface area contributed by atoms with Crippen molar-refractivity contribution in [1.29, 1.82) is 0 Å². The maximum Gasteiger partial charge on any atom is 0.418 e. The molecule has 0 spiro atoms. The number of alkyl halides is 3. The highest BCUT2D eigenvalue weighted by Gasteiger charge is 2.34. The van der Waals surface area contributed by atoms with E-state index in [1.54, 1.807) is 0 Å². The average molecular weight is 359 g/mol. The number of anilines is 2. The minimum atomic E-state index is -4.52. The van der Waals surface area contributed by atoms with Crippen LogP contribution in [0.2, 0.25) is 5.02 Å². The Labute approximate surface area is 142 Å². The lowest BCUT2D eigenvalue weighted by Gasteiger charge is -2.17. The molecule has 122 valence electrons. The van der Waals surface area contributed by atoms with Crippen LogP contribution >= 0.6 is 23.8 Å². The van der Waals surface area contributed by atoms with Gasteiger partial charge in [0, 0.05) is 10.7 Å². The molecular weight excluding hydrogens is 345 g/mol. The molecule has 23 heavy (non-hydrogen) atoms. The van der Waals surface area contributed by atoms with Crippen molar-refractivity contribution >= 4 is 40.3 Å². The standard InChI is InChI=1S/C16H14ClF3N2S/c1-2-10-5-3-4-6-13(10)21-15(23)22-14-8-7-11(17)9-12(14)16(18,19)20/h3-9H,2H2,1H3,(H2,21,22,23). The molecule has 0 amide bonds. The SMILES string of the molecule is CCc1ccccc1NC(=S)Nc1ccc(Cl)cc1C(F)(F)F. The third-order valence-corrected chi connectivity index (χ3v) is 3.62. The molecule has 0 aliphatic heterocycles. The van der Waals surface area contributed by atoms with E-state index in [4.69, 9.17) is 23.8 Å². The van der Waals surface area contributed by atoms with Gasteiger partial charge in [0.1, 0.15) is 0 Å². The largest absolute Gasteiger partial charge is 0.418 e. The predicted octanol–water partition coefficient (Wildman–Crippen LogP) is 5.73. The third kappa shape index (κ3) is 4.59. The number of hydrogen-bond acceptors (Lipinski definition) is 1. The monoisotopic (exact) mass is 358 g/mol. The number of para-hydroxylation sites is 1. The van der Waals surface area contributed by atoms with Crippen LogP contribution in [0.1, 0.15) is 18.1 Å². The molecule has 0 fully saturated rings. The maximum atomic E-state index is 13.1. The van der Waals surface area contributed by atoms with Crippen molar-refractivity contribution in [2.45, 2.75) is 19.5 Å². The molecule has 0 radical (unpaired) electrons. The lowest BCUT2D eigenvalue weighted by Crippen LogP contribution is -2.22. The molecule has 0 unspecified atom stereocenters. The van der Waals surface area contributed by atoms with Gasteiger partial charge in [0.2, 0.25) is 0 Å². The van der Waals surface area contributed by atoms with Crippen LogP contribution in [-0.4, -0.2) is 5.11 Å². The lowest BCUT2D eigenvalue weighted by molar-refractivity contribution is -0.136. The van der Waals surface area contributed by atoms with Crippen LogP contribution in [0, 0.1) is 0 Å². The van der Waals surface area contributed by atoms with Crippen LogP contribution in [0.15, 0.2) is 42.5 Å². The molecule has 0 bridgehead atoms. The second-order valence-electron chi connectivity index (χ2n) is 4.78. The van der Waals surface area contributed by atoms with Gasteiger partial charge in [-0.3, -0.25) is 0 Å². The van der Waals surface area contributed by atoms with Crippen LogP contribution < -0.4 is 10.6 Å². The van der Waals surface area contributed by atoms with E-state index in [0.717, 1.165) is 23.7 Å². The highest BCUT2D eigenvalue weighted by molar-refractivity contribution is 7.80. The van der Waals surface area contributed by atoms with Crippen LogP contribution in [-0.2, 0) is 12.6 Å². The highest BCUT2D eigenvalue weighted by Crippen LogP contribution is 2.36. The van der Waals surface area contributed by atoms with Crippen molar-refractivity contribution < 1.29 is 13.2 Å². The zero-order chi connectivity index (χ0) is 17.0. The number of halogens is 4. The zero-order valence-corrected chi connectivity index (χ0v) is 13.7. The first kappa shape index (κ1) is 17.6. The van der Waals surface area contributed by atoms with Crippen molar-refractivity contribution in [3.63, 3.8) is 0 Å². The van der Waals surface area contributed by atoms with Crippen molar-refractivity contribution in [2.24, 2.45) is 0 Å². The summed E-state index contributed by atoms with van der Waals surface area (Å²) in [5.41, 5.74) is 0.769. The van der Waals surface area contributed by atoms with E-state index in [2.05, 4.69) is 10.6 Å². The molecule has 2 aromatic carbocycles. The molecular formula is C16H14ClF3N2S. The molecule has 0 aromatic heterocycles. The van der Waals surface area contributed by atoms with Crippen molar-refractivity contribution in [3.8, 4) is 0 Å². The molecule has 2 N–H and O–H groups in total. The van der Waals surface area contributed by atoms with Gasteiger partial charge >= 0.3 is 6.18 Å². The second-order valence-corrected chi connectivity index (χ2v) is 5.62. The molecule has 0 atom stereocenters. The molecule has 2 nitrogen and oxygen atoms in total. The van der Waals surface area contributed by atoms with E-state index in [9.17, 15) is 13.2 Å². The second kappa shape index (κ2) is 7.19. The average Bonchev–Trinajstić information content (AvgIpc) is 2.48. The minimum absolute atomic E-state index is 0.0121. The van der Waals surface area contributed by atoms with E-state index in [1.807, 2.05) is 31.2 Å². The van der Waals surface area contributed by atoms with Gasteiger partial charge in [-0.2, -0.15) is 13.2 Å². The number of hydrogen-bond donors (Lipinski definition) is 2. The molecule has 2 aromatic rings. The van der Waals surface area contributed by atoms with Gasteiger partial charge in [-0.05, 0) is 48.5 Å². The fourth-order valence-corrected chi connectivity index (χ4v) is 2.48. The molecule has 2 rings (SSSR count). The number of aryl methyl sites for hydroxylation is 1. The first-order chi connectivity index (χ1) is 10.8. The summed E-state index contributed by atoms with van der Waals surface area (Å²) in [6, 6.07) is 11.0. The summed E-state index contributed by atoms with van der Waals surface area (Å²) in [5.74, 6) is 0. The quantitative estimate of drug-likeness (QED) is 0.685. The van der Waals surface area contributed by atoms with E-state index < -0.39 is 11.7 Å². The Morgan fingerprint density at radius 3 is 2.39 bits per heavy atom. The van der Waals surface area contributed by atoms with Crippen LogP contribution in [0.5, 0.6) is 0 Å². The number of benzene rings is 2. The Kier molecular flexibility index (Phi) is 5.49. The van der Waals surface area contributed by atoms with Crippen molar-refractivity contribution in [3.05, 3.63) is 58.6 Å². The van der Waals surface area contributed by atoms with Gasteiger partial charge < -0.3 is 10.6 Å². The summed E-state index contributed by atoms with van der Waals surface area (Å²) in [7, 11) is 0. The molecule has 0 aliphatic carbocycles. The van der Waals surface area contributed by atoms with E-state index >= 15 is 0 Å². The molecule has 7 heteroatoms. The summed E-state index contributed by atoms with van der Waals surface area (Å²) >= 11 is 10.8. The van der Waals surface area contributed by atoms with Gasteiger partial charge in [-0.1, -0.05) is 36.7 Å². The summed E-state index contributed by atoms with van der Waals surface area (Å²) in [4.78, 5) is 0. The summed E-state index contributed by atoms with van der Waals surface area (Å²) < 4.78 is 39.2. The van der Waals surface area contributed by atoms with Crippen molar-refractivity contribution in [2.75, 3.05) is 10.6 Å². The van der Waals surface area contributed by atoms with Crippen LogP contribution in [0.3, 0.4) is 0 Å². The Morgan fingerprint density at radius 1 is 1.09 bits per heavy atom. The highest BCUT2D eigenvalue weighted by atomic mass is 35.5. The lowest BCUT2D eigenvalue weighted by atomic mass is 10.1. The number of rotatable bonds is 3. The fraction of sp³-hybridized carbons (Fsp3) is 0.188. The normalized spacial score (nSPS) is 11.2. The Hall–Kier alpha value is -1.79. The van der Waals surface area contributed by atoms with E-state index in [-0.39, 0.29) is 15.8 Å². The summed E-state index contributed by atoms with van der Waals surface area (Å²) in [6.07, 6.45) is -3.75. The summed E-state index contributed by atoms with van der Waals surface area (Å²) in [5, 5.41) is 5.60. The van der Waals surface area contributed by atoms with Gasteiger partial charge in [0.25, 0.3) is 0 Å². The van der Waals surface area contributed by atoms with E-state index in [0.29, 0.717) is 0 Å². The predicted molar refractivity (Wildman–Crippen MR) is 92.1 cm³/mol. The summed E-state index contributed by atoms with van der Waals surface area (Å²) in [6.45, 7) is 1.98. The van der Waals surface area contributed by atoms with Crippen LogP contribution in [0.4, 0.5) is 24.5 Å². The van der Waals surface area contributed by atoms with Gasteiger partial charge in [-0.15, -0.1) is 0 Å². The van der Waals surface area contributed by atoms with E-state index in [1.165, 1.54) is 12.1 Å².